The number of ether oxygens (including phenoxy) is 1. The van der Waals surface area contributed by atoms with E-state index >= 15 is 0 Å². The molecule has 0 aliphatic carbocycles. The number of aryl methyl sites for hydroxylation is 1. The Kier molecular flexibility index (Phi) is 4.72. The highest BCUT2D eigenvalue weighted by atomic mass is 16.5. The van der Waals surface area contributed by atoms with E-state index in [1.165, 1.54) is 0 Å². The van der Waals surface area contributed by atoms with Crippen LogP contribution in [0.3, 0.4) is 0 Å². The monoisotopic (exact) mass is 373 g/mol. The van der Waals surface area contributed by atoms with Crippen molar-refractivity contribution in [2.45, 2.75) is 19.9 Å². The third-order valence-corrected chi connectivity index (χ3v) is 4.34. The first kappa shape index (κ1) is 17.7. The third-order valence-electron chi connectivity index (χ3n) is 4.34. The van der Waals surface area contributed by atoms with Crippen LogP contribution in [0.25, 0.3) is 5.78 Å². The Bertz CT molecular complexity index is 1110. The highest BCUT2D eigenvalue weighted by Crippen LogP contribution is 2.23. The molecule has 2 heterocycles. The second-order valence-electron chi connectivity index (χ2n) is 6.41. The molecule has 0 spiro atoms. The summed E-state index contributed by atoms with van der Waals surface area (Å²) in [6.45, 7) is 3.79. The zero-order valence-corrected chi connectivity index (χ0v) is 15.5. The summed E-state index contributed by atoms with van der Waals surface area (Å²) in [5.74, 6) is 1.66. The molecule has 4 rings (SSSR count). The number of hydrogen-bond acceptors (Lipinski definition) is 5. The van der Waals surface area contributed by atoms with Crippen LogP contribution < -0.4 is 10.1 Å². The summed E-state index contributed by atoms with van der Waals surface area (Å²) in [6.07, 6.45) is 1.64. The van der Waals surface area contributed by atoms with Crippen molar-refractivity contribution < 1.29 is 9.53 Å². The van der Waals surface area contributed by atoms with Gasteiger partial charge in [-0.1, -0.05) is 30.3 Å². The van der Waals surface area contributed by atoms with E-state index in [-0.39, 0.29) is 17.8 Å². The van der Waals surface area contributed by atoms with Gasteiger partial charge in [-0.05, 0) is 49.7 Å². The first-order valence-electron chi connectivity index (χ1n) is 8.92. The van der Waals surface area contributed by atoms with Crippen molar-refractivity contribution in [2.75, 3.05) is 0 Å². The first-order valence-corrected chi connectivity index (χ1v) is 8.92. The lowest BCUT2D eigenvalue weighted by Crippen LogP contribution is -2.27. The smallest absolute Gasteiger partial charge is 0.291 e. The molecule has 0 fully saturated rings. The normalized spacial score (nSPS) is 11.9. The number of carbonyl (C=O) groups excluding carboxylic acids is 1. The number of hydrogen-bond donors (Lipinski definition) is 1. The number of fused-ring (bicyclic) bond motifs is 1. The molecule has 0 radical (unpaired) electrons. The number of amides is 1. The average molecular weight is 373 g/mol. The van der Waals surface area contributed by atoms with Gasteiger partial charge >= 0.3 is 0 Å². The van der Waals surface area contributed by atoms with E-state index in [4.69, 9.17) is 4.74 Å². The van der Waals surface area contributed by atoms with Crippen LogP contribution in [0.2, 0.25) is 0 Å². The molecule has 4 aromatic rings. The van der Waals surface area contributed by atoms with Crippen LogP contribution in [0.5, 0.6) is 11.5 Å². The number of para-hydroxylation sites is 1. The van der Waals surface area contributed by atoms with Crippen LogP contribution in [0.1, 0.15) is 34.8 Å². The SMILES string of the molecule is Cc1ccnc2nc(C(=O)N[C@@H](C)c3ccc(Oc4ccccc4)cc3)nn12. The molecule has 0 saturated heterocycles. The van der Waals surface area contributed by atoms with Crippen LogP contribution in [0.15, 0.2) is 66.9 Å². The van der Waals surface area contributed by atoms with E-state index in [0.29, 0.717) is 5.78 Å². The van der Waals surface area contributed by atoms with Crippen molar-refractivity contribution in [1.82, 2.24) is 24.9 Å². The van der Waals surface area contributed by atoms with Gasteiger partial charge in [-0.3, -0.25) is 4.79 Å². The molecular weight excluding hydrogens is 354 g/mol. The Hall–Kier alpha value is -3.74. The van der Waals surface area contributed by atoms with Crippen LogP contribution in [-0.4, -0.2) is 25.5 Å². The standard InChI is InChI=1S/C21H19N5O2/c1-14-12-13-22-21-24-19(25-26(14)21)20(27)23-15(2)16-8-10-18(11-9-16)28-17-6-4-3-5-7-17/h3-13,15H,1-2H3,(H,23,27)/t15-/m0/s1. The Labute approximate surface area is 162 Å². The molecule has 7 heteroatoms. The van der Waals surface area contributed by atoms with Gasteiger partial charge < -0.3 is 10.1 Å². The molecule has 2 aromatic carbocycles. The van der Waals surface area contributed by atoms with Gasteiger partial charge in [0.2, 0.25) is 5.82 Å². The summed E-state index contributed by atoms with van der Waals surface area (Å²) in [6, 6.07) is 18.8. The molecule has 1 atom stereocenters. The number of carbonyl (C=O) groups is 1. The molecule has 0 saturated carbocycles. The van der Waals surface area contributed by atoms with Gasteiger partial charge in [0.15, 0.2) is 0 Å². The van der Waals surface area contributed by atoms with Gasteiger partial charge in [0.1, 0.15) is 11.5 Å². The Morgan fingerprint density at radius 1 is 1.04 bits per heavy atom. The summed E-state index contributed by atoms with van der Waals surface area (Å²) in [5.41, 5.74) is 1.81. The molecular formula is C21H19N5O2. The molecule has 2 aromatic heterocycles. The minimum absolute atomic E-state index is 0.0951. The van der Waals surface area contributed by atoms with Crippen LogP contribution >= 0.6 is 0 Å². The fourth-order valence-electron chi connectivity index (χ4n) is 2.80. The van der Waals surface area contributed by atoms with Crippen LogP contribution in [0, 0.1) is 6.92 Å². The lowest BCUT2D eigenvalue weighted by molar-refractivity contribution is 0.0929. The Morgan fingerprint density at radius 2 is 1.75 bits per heavy atom. The van der Waals surface area contributed by atoms with Crippen molar-refractivity contribution in [2.24, 2.45) is 0 Å². The molecule has 1 amide bonds. The zero-order valence-electron chi connectivity index (χ0n) is 15.5. The predicted molar refractivity (Wildman–Crippen MR) is 104 cm³/mol. The maximum absolute atomic E-state index is 12.5. The number of rotatable bonds is 5. The summed E-state index contributed by atoms with van der Waals surface area (Å²) in [4.78, 5) is 20.8. The van der Waals surface area contributed by atoms with E-state index < -0.39 is 0 Å². The molecule has 1 N–H and O–H groups in total. The van der Waals surface area contributed by atoms with E-state index in [1.807, 2.05) is 74.5 Å². The second-order valence-corrected chi connectivity index (χ2v) is 6.41. The fourth-order valence-corrected chi connectivity index (χ4v) is 2.80. The number of aromatic nitrogens is 4. The van der Waals surface area contributed by atoms with Gasteiger partial charge in [-0.2, -0.15) is 4.98 Å². The predicted octanol–water partition coefficient (Wildman–Crippen LogP) is 3.72. The summed E-state index contributed by atoms with van der Waals surface area (Å²) in [5, 5.41) is 7.15. The van der Waals surface area contributed by atoms with Gasteiger partial charge in [0.05, 0.1) is 6.04 Å². The van der Waals surface area contributed by atoms with Gasteiger partial charge in [0, 0.05) is 11.9 Å². The number of benzene rings is 2. The minimum Gasteiger partial charge on any atom is -0.457 e. The van der Waals surface area contributed by atoms with Crippen molar-refractivity contribution in [1.29, 1.82) is 0 Å². The Balaban J connectivity index is 1.44. The lowest BCUT2D eigenvalue weighted by Gasteiger charge is -2.14. The Morgan fingerprint density at radius 3 is 2.46 bits per heavy atom. The van der Waals surface area contributed by atoms with E-state index in [9.17, 15) is 4.79 Å². The fraction of sp³-hybridized carbons (Fsp3) is 0.143. The molecule has 140 valence electrons. The lowest BCUT2D eigenvalue weighted by atomic mass is 10.1. The number of nitrogens with zero attached hydrogens (tertiary/aromatic N) is 4. The molecule has 0 bridgehead atoms. The summed E-state index contributed by atoms with van der Waals surface area (Å²) in [7, 11) is 0. The van der Waals surface area contributed by atoms with E-state index in [2.05, 4.69) is 20.4 Å². The van der Waals surface area contributed by atoms with E-state index in [1.54, 1.807) is 10.7 Å². The van der Waals surface area contributed by atoms with Crippen LogP contribution in [-0.2, 0) is 0 Å². The maximum atomic E-state index is 12.5. The van der Waals surface area contributed by atoms with Crippen molar-refractivity contribution in [3.8, 4) is 11.5 Å². The highest BCUT2D eigenvalue weighted by molar-refractivity contribution is 5.91. The van der Waals surface area contributed by atoms with Crippen molar-refractivity contribution in [3.63, 3.8) is 0 Å². The van der Waals surface area contributed by atoms with Crippen molar-refractivity contribution >= 4 is 11.7 Å². The third kappa shape index (κ3) is 3.68. The van der Waals surface area contributed by atoms with Gasteiger partial charge in [0.25, 0.3) is 11.7 Å². The first-order chi connectivity index (χ1) is 13.6. The second kappa shape index (κ2) is 7.48. The molecule has 0 aliphatic rings. The maximum Gasteiger partial charge on any atom is 0.291 e. The van der Waals surface area contributed by atoms with Crippen molar-refractivity contribution in [3.05, 3.63) is 83.9 Å². The van der Waals surface area contributed by atoms with Crippen LogP contribution in [0.4, 0.5) is 0 Å². The zero-order chi connectivity index (χ0) is 19.5. The average Bonchev–Trinajstić information content (AvgIpc) is 3.15. The topological polar surface area (TPSA) is 81.4 Å². The molecule has 7 nitrogen and oxygen atoms in total. The summed E-state index contributed by atoms with van der Waals surface area (Å²) >= 11 is 0. The highest BCUT2D eigenvalue weighted by Gasteiger charge is 2.17. The number of nitrogens with one attached hydrogen (secondary N) is 1. The molecule has 28 heavy (non-hydrogen) atoms. The minimum atomic E-state index is -0.345. The largest absolute Gasteiger partial charge is 0.457 e. The molecule has 0 unspecified atom stereocenters. The quantitative estimate of drug-likeness (QED) is 0.577. The van der Waals surface area contributed by atoms with Gasteiger partial charge in [-0.25, -0.2) is 9.50 Å². The van der Waals surface area contributed by atoms with E-state index in [0.717, 1.165) is 22.8 Å². The van der Waals surface area contributed by atoms with Gasteiger partial charge in [-0.15, -0.1) is 5.10 Å². The summed E-state index contributed by atoms with van der Waals surface area (Å²) < 4.78 is 7.34. The molecule has 0 aliphatic heterocycles.